The molecule has 8 heteroatoms. The Bertz CT molecular complexity index is 1250. The Morgan fingerprint density at radius 2 is 1.71 bits per heavy atom. The molecule has 0 aliphatic carbocycles. The number of carbonyl (C=O) groups is 2. The van der Waals surface area contributed by atoms with Gasteiger partial charge in [-0.2, -0.15) is 0 Å². The number of rotatable bonds is 14. The SMILES string of the molecule is C=CCN1C[C@H](C)N([C@@H](c2cccc(O)c2)c2cccc(C(=O)N3CCCN(CCCCCCC(=O)OCC)CC3)c2)C[C@H]1C. The average Bonchev–Trinajstić information content (AvgIpc) is 3.27. The van der Waals surface area contributed by atoms with E-state index >= 15 is 0 Å². The molecule has 2 aromatic carbocycles. The van der Waals surface area contributed by atoms with Crippen LogP contribution in [0.5, 0.6) is 5.75 Å². The number of ether oxygens (including phenoxy) is 1. The van der Waals surface area contributed by atoms with Gasteiger partial charge in [0.05, 0.1) is 12.6 Å². The molecule has 2 aliphatic rings. The van der Waals surface area contributed by atoms with Gasteiger partial charge in [0.25, 0.3) is 5.91 Å². The lowest BCUT2D eigenvalue weighted by molar-refractivity contribution is -0.143. The molecule has 2 aromatic rings. The van der Waals surface area contributed by atoms with Crippen LogP contribution in [0.1, 0.15) is 86.8 Å². The molecule has 0 saturated carbocycles. The first-order valence-electron chi connectivity index (χ1n) is 17.0. The van der Waals surface area contributed by atoms with Gasteiger partial charge in [0, 0.05) is 63.3 Å². The molecule has 1 N–H and O–H groups in total. The summed E-state index contributed by atoms with van der Waals surface area (Å²) in [6, 6.07) is 16.3. The van der Waals surface area contributed by atoms with E-state index in [0.29, 0.717) is 19.1 Å². The molecule has 246 valence electrons. The lowest BCUT2D eigenvalue weighted by Crippen LogP contribution is -2.57. The van der Waals surface area contributed by atoms with Gasteiger partial charge in [0.1, 0.15) is 5.75 Å². The Kier molecular flexibility index (Phi) is 13.5. The van der Waals surface area contributed by atoms with E-state index in [2.05, 4.69) is 53.3 Å². The number of phenols is 1. The minimum Gasteiger partial charge on any atom is -0.508 e. The lowest BCUT2D eigenvalue weighted by Gasteiger charge is -2.47. The summed E-state index contributed by atoms with van der Waals surface area (Å²) in [5.74, 6) is 0.243. The number of hydrogen-bond donors (Lipinski definition) is 1. The number of amides is 1. The summed E-state index contributed by atoms with van der Waals surface area (Å²) < 4.78 is 5.01. The molecule has 4 rings (SSSR count). The number of hydrogen-bond acceptors (Lipinski definition) is 7. The van der Waals surface area contributed by atoms with Gasteiger partial charge in [-0.15, -0.1) is 6.58 Å². The van der Waals surface area contributed by atoms with Crippen molar-refractivity contribution in [3.8, 4) is 5.75 Å². The third kappa shape index (κ3) is 9.89. The van der Waals surface area contributed by atoms with E-state index in [1.165, 1.54) is 0 Å². The van der Waals surface area contributed by atoms with Crippen LogP contribution in [-0.2, 0) is 9.53 Å². The molecule has 8 nitrogen and oxygen atoms in total. The average molecular weight is 619 g/mol. The number of benzene rings is 2. The maximum absolute atomic E-state index is 13.9. The van der Waals surface area contributed by atoms with Crippen LogP contribution in [0.4, 0.5) is 0 Å². The van der Waals surface area contributed by atoms with Gasteiger partial charge in [-0.05, 0) is 88.5 Å². The summed E-state index contributed by atoms with van der Waals surface area (Å²) in [5.41, 5.74) is 2.82. The van der Waals surface area contributed by atoms with Crippen LogP contribution in [0.15, 0.2) is 61.2 Å². The molecule has 0 spiro atoms. The van der Waals surface area contributed by atoms with Crippen LogP contribution in [0.2, 0.25) is 0 Å². The highest BCUT2D eigenvalue weighted by molar-refractivity contribution is 5.94. The second kappa shape index (κ2) is 17.5. The Hall–Kier alpha value is -3.20. The van der Waals surface area contributed by atoms with Crippen molar-refractivity contribution in [3.05, 3.63) is 77.9 Å². The molecule has 1 amide bonds. The number of unbranched alkanes of at least 4 members (excludes halogenated alkanes) is 3. The molecule has 45 heavy (non-hydrogen) atoms. The summed E-state index contributed by atoms with van der Waals surface area (Å²) in [5, 5.41) is 10.4. The zero-order chi connectivity index (χ0) is 32.2. The van der Waals surface area contributed by atoms with E-state index < -0.39 is 0 Å². The number of carbonyl (C=O) groups excluding carboxylic acids is 2. The van der Waals surface area contributed by atoms with Crippen molar-refractivity contribution in [1.82, 2.24) is 19.6 Å². The summed E-state index contributed by atoms with van der Waals surface area (Å²) in [4.78, 5) is 34.9. The Morgan fingerprint density at radius 1 is 0.956 bits per heavy atom. The topological polar surface area (TPSA) is 76.6 Å². The van der Waals surface area contributed by atoms with Crippen molar-refractivity contribution >= 4 is 11.9 Å². The number of aromatic hydroxyl groups is 1. The fourth-order valence-corrected chi connectivity index (χ4v) is 6.89. The summed E-state index contributed by atoms with van der Waals surface area (Å²) in [6.45, 7) is 17.8. The fourth-order valence-electron chi connectivity index (χ4n) is 6.89. The Labute approximate surface area is 270 Å². The molecule has 0 radical (unpaired) electrons. The molecular weight excluding hydrogens is 564 g/mol. The van der Waals surface area contributed by atoms with Gasteiger partial charge in [-0.25, -0.2) is 0 Å². The first-order chi connectivity index (χ1) is 21.8. The first kappa shape index (κ1) is 34.7. The van der Waals surface area contributed by atoms with E-state index in [-0.39, 0.29) is 29.7 Å². The summed E-state index contributed by atoms with van der Waals surface area (Å²) >= 11 is 0. The highest BCUT2D eigenvalue weighted by atomic mass is 16.5. The van der Waals surface area contributed by atoms with E-state index in [0.717, 1.165) is 101 Å². The van der Waals surface area contributed by atoms with Gasteiger partial charge >= 0.3 is 5.97 Å². The van der Waals surface area contributed by atoms with E-state index in [9.17, 15) is 14.7 Å². The lowest BCUT2D eigenvalue weighted by atomic mass is 9.92. The van der Waals surface area contributed by atoms with Crippen molar-refractivity contribution in [3.63, 3.8) is 0 Å². The minimum atomic E-state index is -0.0959. The van der Waals surface area contributed by atoms with Gasteiger partial charge in [-0.3, -0.25) is 19.4 Å². The highest BCUT2D eigenvalue weighted by Crippen LogP contribution is 2.35. The fraction of sp³-hybridized carbons (Fsp3) is 0.568. The molecule has 0 unspecified atom stereocenters. The maximum atomic E-state index is 13.9. The van der Waals surface area contributed by atoms with Crippen LogP contribution in [0, 0.1) is 0 Å². The van der Waals surface area contributed by atoms with Gasteiger partial charge in [0.2, 0.25) is 0 Å². The normalized spacial score (nSPS) is 20.8. The molecule has 0 aromatic heterocycles. The Balaban J connectivity index is 1.40. The van der Waals surface area contributed by atoms with Crippen LogP contribution in [0.25, 0.3) is 0 Å². The largest absolute Gasteiger partial charge is 0.508 e. The first-order valence-corrected chi connectivity index (χ1v) is 17.0. The van der Waals surface area contributed by atoms with Gasteiger partial charge < -0.3 is 19.6 Å². The Morgan fingerprint density at radius 3 is 2.47 bits per heavy atom. The van der Waals surface area contributed by atoms with Crippen molar-refractivity contribution in [2.75, 3.05) is 59.0 Å². The standard InChI is InChI=1S/C37H54N4O4/c1-5-19-40-27-30(4)41(28-29(40)3)36(32-15-12-17-34(42)26-32)31-14-11-16-33(25-31)37(44)39-22-13-21-38(23-24-39)20-10-8-7-9-18-35(43)45-6-2/h5,11-12,14-17,25-26,29-30,36,42H,1,6-10,13,18-24,27-28H2,2-4H3/t29-,30+,36-/m1/s1. The molecule has 2 heterocycles. The van der Waals surface area contributed by atoms with Crippen molar-refractivity contribution < 1.29 is 19.4 Å². The van der Waals surface area contributed by atoms with Crippen molar-refractivity contribution in [1.29, 1.82) is 0 Å². The van der Waals surface area contributed by atoms with Gasteiger partial charge in [-0.1, -0.05) is 43.2 Å². The highest BCUT2D eigenvalue weighted by Gasteiger charge is 2.35. The van der Waals surface area contributed by atoms with Crippen LogP contribution in [-0.4, -0.2) is 108 Å². The second-order valence-corrected chi connectivity index (χ2v) is 12.7. The van der Waals surface area contributed by atoms with Crippen molar-refractivity contribution in [2.45, 2.75) is 77.4 Å². The predicted molar refractivity (Wildman–Crippen MR) is 180 cm³/mol. The second-order valence-electron chi connectivity index (χ2n) is 12.7. The molecular formula is C37H54N4O4. The molecule has 2 aliphatic heterocycles. The maximum Gasteiger partial charge on any atom is 0.305 e. The third-order valence-electron chi connectivity index (χ3n) is 9.28. The van der Waals surface area contributed by atoms with E-state index in [4.69, 9.17) is 4.74 Å². The quantitative estimate of drug-likeness (QED) is 0.165. The number of piperazine rings is 1. The van der Waals surface area contributed by atoms with Crippen LogP contribution >= 0.6 is 0 Å². The van der Waals surface area contributed by atoms with Crippen LogP contribution < -0.4 is 0 Å². The minimum absolute atomic E-state index is 0.0786. The van der Waals surface area contributed by atoms with Gasteiger partial charge in [0.15, 0.2) is 0 Å². The zero-order valence-corrected chi connectivity index (χ0v) is 27.7. The third-order valence-corrected chi connectivity index (χ3v) is 9.28. The molecule has 3 atom stereocenters. The van der Waals surface area contributed by atoms with Crippen LogP contribution in [0.3, 0.4) is 0 Å². The number of esters is 1. The monoisotopic (exact) mass is 618 g/mol. The molecule has 0 bridgehead atoms. The predicted octanol–water partition coefficient (Wildman–Crippen LogP) is 5.72. The van der Waals surface area contributed by atoms with E-state index in [1.54, 1.807) is 6.07 Å². The number of phenolic OH excluding ortho intramolecular Hbond substituents is 1. The smallest absolute Gasteiger partial charge is 0.305 e. The summed E-state index contributed by atoms with van der Waals surface area (Å²) in [6.07, 6.45) is 7.58. The number of nitrogens with zero attached hydrogens (tertiary/aromatic N) is 4. The van der Waals surface area contributed by atoms with E-state index in [1.807, 2.05) is 42.2 Å². The van der Waals surface area contributed by atoms with Crippen molar-refractivity contribution in [2.24, 2.45) is 0 Å². The summed E-state index contributed by atoms with van der Waals surface area (Å²) in [7, 11) is 0. The molecule has 2 saturated heterocycles. The zero-order valence-electron chi connectivity index (χ0n) is 27.7. The molecule has 2 fully saturated rings.